The predicted octanol–water partition coefficient (Wildman–Crippen LogP) is 5.12. The number of ether oxygens (including phenoxy) is 1. The number of H-pyrrole nitrogens is 1. The van der Waals surface area contributed by atoms with Crippen molar-refractivity contribution in [1.82, 2.24) is 15.0 Å². The highest BCUT2D eigenvalue weighted by Gasteiger charge is 2.16. The first-order valence-electron chi connectivity index (χ1n) is 7.77. The van der Waals surface area contributed by atoms with Crippen molar-refractivity contribution in [3.8, 4) is 21.1 Å². The van der Waals surface area contributed by atoms with Gasteiger partial charge in [-0.05, 0) is 28.1 Å². The highest BCUT2D eigenvalue weighted by molar-refractivity contribution is 9.10. The van der Waals surface area contributed by atoms with Crippen LogP contribution >= 0.6 is 49.9 Å². The summed E-state index contributed by atoms with van der Waals surface area (Å²) in [4.78, 5) is 36.6. The average Bonchev–Trinajstić information content (AvgIpc) is 3.45. The molecule has 0 aliphatic heterocycles. The largest absolute Gasteiger partial charge is 0.464 e. The molecule has 0 saturated carbocycles. The molecule has 0 aromatic carbocycles. The zero-order valence-corrected chi connectivity index (χ0v) is 18.2. The lowest BCUT2D eigenvalue weighted by Gasteiger charge is -1.97. The molecule has 4 heterocycles. The van der Waals surface area contributed by atoms with Gasteiger partial charge < -0.3 is 9.72 Å². The number of aromatic amines is 1. The average molecular weight is 495 g/mol. The van der Waals surface area contributed by atoms with Crippen LogP contribution in [-0.2, 0) is 4.74 Å². The van der Waals surface area contributed by atoms with Crippen molar-refractivity contribution in [3.05, 3.63) is 50.3 Å². The fraction of sp³-hybridized carbons (Fsp3) is 0.0588. The Kier molecular flexibility index (Phi) is 5.40. The summed E-state index contributed by atoms with van der Waals surface area (Å²) in [5.74, 6) is -0.768. The second kappa shape index (κ2) is 7.95. The SMILES string of the molecule is COC(=O)c1cc(-c2csc(NC(=O)c3csc(-c4cc(Br)cs4)n3)n2)c[nH]1. The summed E-state index contributed by atoms with van der Waals surface area (Å²) in [6, 6.07) is 3.62. The lowest BCUT2D eigenvalue weighted by Crippen LogP contribution is -2.12. The second-order valence-electron chi connectivity index (χ2n) is 5.45. The minimum Gasteiger partial charge on any atom is -0.464 e. The summed E-state index contributed by atoms with van der Waals surface area (Å²) in [7, 11) is 1.32. The van der Waals surface area contributed by atoms with Crippen molar-refractivity contribution in [3.63, 3.8) is 0 Å². The molecule has 0 fully saturated rings. The molecule has 0 aliphatic carbocycles. The van der Waals surface area contributed by atoms with Gasteiger partial charge in [-0.15, -0.1) is 34.0 Å². The molecule has 0 unspecified atom stereocenters. The van der Waals surface area contributed by atoms with Gasteiger partial charge in [-0.2, -0.15) is 0 Å². The Bertz CT molecular complexity index is 1160. The number of anilines is 1. The molecule has 0 radical (unpaired) electrons. The van der Waals surface area contributed by atoms with E-state index in [2.05, 4.69) is 40.9 Å². The van der Waals surface area contributed by atoms with Crippen molar-refractivity contribution in [2.24, 2.45) is 0 Å². The predicted molar refractivity (Wildman–Crippen MR) is 114 cm³/mol. The zero-order valence-electron chi connectivity index (χ0n) is 14.2. The standard InChI is InChI=1S/C17H11BrN4O3S3/c1-25-16(24)10-2-8(4-19-10)11-6-28-17(21-11)22-14(23)12-7-27-15(20-12)13-3-9(18)5-26-13/h2-7,19H,1H3,(H,21,22,23). The number of aromatic nitrogens is 3. The highest BCUT2D eigenvalue weighted by atomic mass is 79.9. The van der Waals surface area contributed by atoms with E-state index in [1.165, 1.54) is 29.8 Å². The Labute approximate surface area is 179 Å². The smallest absolute Gasteiger partial charge is 0.354 e. The Morgan fingerprint density at radius 2 is 2.00 bits per heavy atom. The molecular weight excluding hydrogens is 484 g/mol. The molecule has 0 spiro atoms. The molecule has 7 nitrogen and oxygen atoms in total. The van der Waals surface area contributed by atoms with Gasteiger partial charge in [0, 0.05) is 32.4 Å². The third-order valence-corrected chi connectivity index (χ3v) is 7.08. The van der Waals surface area contributed by atoms with E-state index in [-0.39, 0.29) is 5.91 Å². The molecule has 4 aromatic heterocycles. The molecule has 4 rings (SSSR count). The van der Waals surface area contributed by atoms with Gasteiger partial charge in [0.1, 0.15) is 16.4 Å². The zero-order chi connectivity index (χ0) is 19.7. The topological polar surface area (TPSA) is 97.0 Å². The highest BCUT2D eigenvalue weighted by Crippen LogP contribution is 2.32. The molecule has 1 amide bonds. The van der Waals surface area contributed by atoms with Gasteiger partial charge >= 0.3 is 5.97 Å². The van der Waals surface area contributed by atoms with Crippen LogP contribution in [0.4, 0.5) is 5.13 Å². The van der Waals surface area contributed by atoms with Crippen LogP contribution in [0.5, 0.6) is 0 Å². The summed E-state index contributed by atoms with van der Waals surface area (Å²) >= 11 is 7.69. The molecule has 0 bridgehead atoms. The first kappa shape index (κ1) is 19.0. The van der Waals surface area contributed by atoms with Crippen molar-refractivity contribution in [1.29, 1.82) is 0 Å². The van der Waals surface area contributed by atoms with Crippen LogP contribution in [0.2, 0.25) is 0 Å². The molecule has 11 heteroatoms. The van der Waals surface area contributed by atoms with Gasteiger partial charge in [0.15, 0.2) is 5.13 Å². The minimum atomic E-state index is -0.452. The number of carbonyl (C=O) groups excluding carboxylic acids is 2. The van der Waals surface area contributed by atoms with Gasteiger partial charge in [0.25, 0.3) is 5.91 Å². The van der Waals surface area contributed by atoms with Gasteiger partial charge in [0.05, 0.1) is 17.7 Å². The van der Waals surface area contributed by atoms with E-state index >= 15 is 0 Å². The Morgan fingerprint density at radius 3 is 2.75 bits per heavy atom. The number of nitrogens with one attached hydrogen (secondary N) is 2. The summed E-state index contributed by atoms with van der Waals surface area (Å²) in [5, 5.41) is 9.51. The Hall–Kier alpha value is -2.34. The van der Waals surface area contributed by atoms with E-state index in [4.69, 9.17) is 0 Å². The first-order valence-corrected chi connectivity index (χ1v) is 11.2. The number of thiophene rings is 1. The summed E-state index contributed by atoms with van der Waals surface area (Å²) in [6.45, 7) is 0. The lowest BCUT2D eigenvalue weighted by molar-refractivity contribution is 0.0594. The number of methoxy groups -OCH3 is 1. The number of esters is 1. The second-order valence-corrected chi connectivity index (χ2v) is 9.00. The molecule has 142 valence electrons. The van der Waals surface area contributed by atoms with Gasteiger partial charge in [-0.25, -0.2) is 14.8 Å². The van der Waals surface area contributed by atoms with E-state index in [1.54, 1.807) is 34.4 Å². The fourth-order valence-corrected chi connectivity index (χ4v) is 5.33. The summed E-state index contributed by atoms with van der Waals surface area (Å²) in [5.41, 5.74) is 2.06. The summed E-state index contributed by atoms with van der Waals surface area (Å²) in [6.07, 6.45) is 1.67. The van der Waals surface area contributed by atoms with E-state index in [9.17, 15) is 9.59 Å². The van der Waals surface area contributed by atoms with Gasteiger partial charge in [-0.1, -0.05) is 0 Å². The number of amides is 1. The molecular formula is C17H11BrN4O3S3. The van der Waals surface area contributed by atoms with Crippen molar-refractivity contribution >= 4 is 66.9 Å². The first-order chi connectivity index (χ1) is 13.5. The maximum atomic E-state index is 12.5. The normalized spacial score (nSPS) is 10.8. The van der Waals surface area contributed by atoms with E-state index in [0.717, 1.165) is 19.9 Å². The monoisotopic (exact) mass is 494 g/mol. The number of rotatable bonds is 5. The maximum Gasteiger partial charge on any atom is 0.354 e. The third-order valence-electron chi connectivity index (χ3n) is 3.62. The molecule has 0 aliphatic rings. The molecule has 2 N–H and O–H groups in total. The molecule has 0 saturated heterocycles. The van der Waals surface area contributed by atoms with E-state index in [0.29, 0.717) is 22.2 Å². The van der Waals surface area contributed by atoms with E-state index < -0.39 is 5.97 Å². The minimum absolute atomic E-state index is 0.316. The Balaban J connectivity index is 1.46. The van der Waals surface area contributed by atoms with Crippen molar-refractivity contribution in [2.45, 2.75) is 0 Å². The van der Waals surface area contributed by atoms with Gasteiger partial charge in [-0.3, -0.25) is 10.1 Å². The van der Waals surface area contributed by atoms with Crippen LogP contribution in [0.25, 0.3) is 21.1 Å². The molecule has 0 atom stereocenters. The van der Waals surface area contributed by atoms with Crippen LogP contribution in [0.15, 0.2) is 38.9 Å². The van der Waals surface area contributed by atoms with Crippen LogP contribution in [0, 0.1) is 0 Å². The van der Waals surface area contributed by atoms with Gasteiger partial charge in [0.2, 0.25) is 0 Å². The number of nitrogens with zero attached hydrogens (tertiary/aromatic N) is 2. The lowest BCUT2D eigenvalue weighted by atomic mass is 10.2. The number of halogens is 1. The number of hydrogen-bond acceptors (Lipinski definition) is 8. The quantitative estimate of drug-likeness (QED) is 0.375. The fourth-order valence-electron chi connectivity index (χ4n) is 2.31. The third kappa shape index (κ3) is 3.92. The van der Waals surface area contributed by atoms with Crippen LogP contribution < -0.4 is 5.32 Å². The van der Waals surface area contributed by atoms with Crippen molar-refractivity contribution in [2.75, 3.05) is 12.4 Å². The maximum absolute atomic E-state index is 12.5. The van der Waals surface area contributed by atoms with Crippen LogP contribution in [-0.4, -0.2) is 33.9 Å². The Morgan fingerprint density at radius 1 is 1.14 bits per heavy atom. The summed E-state index contributed by atoms with van der Waals surface area (Å²) < 4.78 is 5.66. The van der Waals surface area contributed by atoms with Crippen LogP contribution in [0.3, 0.4) is 0 Å². The van der Waals surface area contributed by atoms with Crippen LogP contribution in [0.1, 0.15) is 21.0 Å². The molecule has 28 heavy (non-hydrogen) atoms. The molecule has 4 aromatic rings. The number of thiazole rings is 2. The van der Waals surface area contributed by atoms with E-state index in [1.807, 2.05) is 11.4 Å². The number of hydrogen-bond donors (Lipinski definition) is 2. The van der Waals surface area contributed by atoms with Crippen molar-refractivity contribution < 1.29 is 14.3 Å². The number of carbonyl (C=O) groups is 2.